The van der Waals surface area contributed by atoms with Crippen molar-refractivity contribution in [3.63, 3.8) is 0 Å². The number of hydrogen-bond donors (Lipinski definition) is 1. The number of fused-ring (bicyclic) bond motifs is 1. The van der Waals surface area contributed by atoms with Crippen molar-refractivity contribution in [1.29, 1.82) is 0 Å². The second kappa shape index (κ2) is 5.77. The summed E-state index contributed by atoms with van der Waals surface area (Å²) in [7, 11) is 0. The van der Waals surface area contributed by atoms with Gasteiger partial charge in [0.25, 0.3) is 0 Å². The quantitative estimate of drug-likeness (QED) is 0.805. The summed E-state index contributed by atoms with van der Waals surface area (Å²) in [5, 5.41) is 10.3. The molecule has 5 heteroatoms. The Morgan fingerprint density at radius 3 is 2.27 bits per heavy atom. The number of imidazole rings is 1. The summed E-state index contributed by atoms with van der Waals surface area (Å²) in [6, 6.07) is 13.5. The summed E-state index contributed by atoms with van der Waals surface area (Å²) in [4.78, 5) is 12.5. The first kappa shape index (κ1) is 14.5. The highest BCUT2D eigenvalue weighted by Gasteiger charge is 2.17. The summed E-state index contributed by atoms with van der Waals surface area (Å²) in [5.74, 6) is -0.470. The van der Waals surface area contributed by atoms with E-state index in [0.29, 0.717) is 6.54 Å². The summed E-state index contributed by atoms with van der Waals surface area (Å²) in [6.07, 6.45) is -1.07. The highest BCUT2D eigenvalue weighted by molar-refractivity contribution is 5.76. The van der Waals surface area contributed by atoms with E-state index in [2.05, 4.69) is 0 Å². The lowest BCUT2D eigenvalue weighted by atomic mass is 10.1. The molecule has 0 saturated heterocycles. The molecule has 0 bridgehead atoms. The molecule has 1 unspecified atom stereocenters. The van der Waals surface area contributed by atoms with Crippen LogP contribution in [0.5, 0.6) is 0 Å². The Kier molecular flexibility index (Phi) is 3.81. The minimum atomic E-state index is -1.07. The Labute approximate surface area is 127 Å². The fraction of sp³-hybridized carbons (Fsp3) is 0.235. The lowest BCUT2D eigenvalue weighted by Crippen LogP contribution is -2.26. The Bertz CT molecular complexity index is 866. The molecular formula is C17H17FN2O2. The van der Waals surface area contributed by atoms with Gasteiger partial charge in [-0.25, -0.2) is 9.18 Å². The molecule has 0 radical (unpaired) electrons. The van der Waals surface area contributed by atoms with Gasteiger partial charge in [0.2, 0.25) is 0 Å². The average molecular weight is 300 g/mol. The third-order valence-corrected chi connectivity index (χ3v) is 3.86. The maximum absolute atomic E-state index is 13.8. The maximum atomic E-state index is 13.8. The van der Waals surface area contributed by atoms with Gasteiger partial charge in [-0.2, -0.15) is 0 Å². The van der Waals surface area contributed by atoms with Crippen molar-refractivity contribution in [2.75, 3.05) is 0 Å². The second-order valence-electron chi connectivity index (χ2n) is 5.16. The van der Waals surface area contributed by atoms with Crippen LogP contribution in [0.1, 0.15) is 18.6 Å². The van der Waals surface area contributed by atoms with E-state index in [1.54, 1.807) is 16.7 Å². The molecule has 0 spiro atoms. The molecule has 1 atom stereocenters. The van der Waals surface area contributed by atoms with Gasteiger partial charge in [0.15, 0.2) is 0 Å². The lowest BCUT2D eigenvalue weighted by Gasteiger charge is -2.12. The predicted octanol–water partition coefficient (Wildman–Crippen LogP) is 2.70. The number of rotatable bonds is 4. The second-order valence-corrected chi connectivity index (χ2v) is 5.16. The van der Waals surface area contributed by atoms with Crippen LogP contribution in [0.4, 0.5) is 4.39 Å². The molecule has 0 aliphatic heterocycles. The summed E-state index contributed by atoms with van der Waals surface area (Å²) in [6.45, 7) is 2.46. The van der Waals surface area contributed by atoms with Crippen LogP contribution in [0.25, 0.3) is 11.0 Å². The number of aryl methyl sites for hydroxylation is 1. The number of nitrogens with zero attached hydrogens (tertiary/aromatic N) is 2. The molecule has 1 aromatic heterocycles. The molecular weight excluding hydrogens is 283 g/mol. The number of para-hydroxylation sites is 2. The topological polar surface area (TPSA) is 47.2 Å². The molecule has 2 aromatic carbocycles. The van der Waals surface area contributed by atoms with Crippen LogP contribution >= 0.6 is 0 Å². The molecule has 114 valence electrons. The van der Waals surface area contributed by atoms with Crippen molar-refractivity contribution in [2.45, 2.75) is 26.1 Å². The van der Waals surface area contributed by atoms with E-state index >= 15 is 0 Å². The number of aliphatic hydroxyl groups is 1. The van der Waals surface area contributed by atoms with Gasteiger partial charge in [0, 0.05) is 12.1 Å². The molecule has 3 rings (SSSR count). The predicted molar refractivity (Wildman–Crippen MR) is 83.2 cm³/mol. The SMILES string of the molecule is CCn1c(=O)n(CC(O)c2ccccc2F)c2ccccc21. The largest absolute Gasteiger partial charge is 0.386 e. The van der Waals surface area contributed by atoms with Gasteiger partial charge < -0.3 is 5.11 Å². The van der Waals surface area contributed by atoms with Crippen molar-refractivity contribution >= 4 is 11.0 Å². The Balaban J connectivity index is 2.06. The monoisotopic (exact) mass is 300 g/mol. The third-order valence-electron chi connectivity index (χ3n) is 3.86. The van der Waals surface area contributed by atoms with Gasteiger partial charge in [-0.15, -0.1) is 0 Å². The van der Waals surface area contributed by atoms with E-state index in [1.165, 1.54) is 16.7 Å². The smallest absolute Gasteiger partial charge is 0.329 e. The number of hydrogen-bond acceptors (Lipinski definition) is 2. The van der Waals surface area contributed by atoms with Crippen LogP contribution in [0.3, 0.4) is 0 Å². The Morgan fingerprint density at radius 2 is 1.64 bits per heavy atom. The summed E-state index contributed by atoms with van der Waals surface area (Å²) in [5.41, 5.74) is 1.56. The zero-order chi connectivity index (χ0) is 15.7. The van der Waals surface area contributed by atoms with E-state index in [9.17, 15) is 14.3 Å². The normalized spacial score (nSPS) is 12.7. The van der Waals surface area contributed by atoms with Gasteiger partial charge in [0.05, 0.1) is 23.7 Å². The van der Waals surface area contributed by atoms with E-state index in [1.807, 2.05) is 31.2 Å². The van der Waals surface area contributed by atoms with Crippen LogP contribution in [0.2, 0.25) is 0 Å². The molecule has 0 aliphatic rings. The summed E-state index contributed by atoms with van der Waals surface area (Å²) < 4.78 is 16.9. The highest BCUT2D eigenvalue weighted by atomic mass is 19.1. The van der Waals surface area contributed by atoms with Crippen molar-refractivity contribution in [3.05, 3.63) is 70.4 Å². The maximum Gasteiger partial charge on any atom is 0.329 e. The van der Waals surface area contributed by atoms with E-state index < -0.39 is 11.9 Å². The molecule has 0 fully saturated rings. The third kappa shape index (κ3) is 2.33. The Morgan fingerprint density at radius 1 is 1.05 bits per heavy atom. The van der Waals surface area contributed by atoms with E-state index in [0.717, 1.165) is 11.0 Å². The summed E-state index contributed by atoms with van der Waals surface area (Å²) >= 11 is 0. The van der Waals surface area contributed by atoms with Gasteiger partial charge in [-0.1, -0.05) is 30.3 Å². The standard InChI is InChI=1S/C17H17FN2O2/c1-2-19-14-9-5-6-10-15(14)20(17(19)22)11-16(21)12-7-3-4-8-13(12)18/h3-10,16,21H,2,11H2,1H3. The fourth-order valence-electron chi connectivity index (χ4n) is 2.77. The average Bonchev–Trinajstić information content (AvgIpc) is 2.79. The van der Waals surface area contributed by atoms with Crippen LogP contribution in [-0.4, -0.2) is 14.2 Å². The molecule has 22 heavy (non-hydrogen) atoms. The number of halogens is 1. The van der Waals surface area contributed by atoms with Gasteiger partial charge in [-0.3, -0.25) is 9.13 Å². The highest BCUT2D eigenvalue weighted by Crippen LogP contribution is 2.20. The first-order chi connectivity index (χ1) is 10.6. The molecule has 3 aromatic rings. The number of benzene rings is 2. The minimum Gasteiger partial charge on any atom is -0.386 e. The van der Waals surface area contributed by atoms with Gasteiger partial charge in [0.1, 0.15) is 5.82 Å². The van der Waals surface area contributed by atoms with Crippen LogP contribution in [-0.2, 0) is 13.1 Å². The van der Waals surface area contributed by atoms with Crippen LogP contribution < -0.4 is 5.69 Å². The first-order valence-electron chi connectivity index (χ1n) is 7.24. The van der Waals surface area contributed by atoms with Crippen molar-refractivity contribution in [1.82, 2.24) is 9.13 Å². The number of aromatic nitrogens is 2. The van der Waals surface area contributed by atoms with E-state index in [4.69, 9.17) is 0 Å². The lowest BCUT2D eigenvalue weighted by molar-refractivity contribution is 0.152. The molecule has 0 saturated carbocycles. The van der Waals surface area contributed by atoms with Crippen LogP contribution in [0.15, 0.2) is 53.3 Å². The van der Waals surface area contributed by atoms with Gasteiger partial charge in [-0.05, 0) is 25.1 Å². The van der Waals surface area contributed by atoms with Crippen molar-refractivity contribution < 1.29 is 9.50 Å². The first-order valence-corrected chi connectivity index (χ1v) is 7.24. The van der Waals surface area contributed by atoms with Crippen molar-refractivity contribution in [3.8, 4) is 0 Å². The zero-order valence-electron chi connectivity index (χ0n) is 12.2. The fourth-order valence-corrected chi connectivity index (χ4v) is 2.77. The van der Waals surface area contributed by atoms with E-state index in [-0.39, 0.29) is 17.8 Å². The van der Waals surface area contributed by atoms with Gasteiger partial charge >= 0.3 is 5.69 Å². The van der Waals surface area contributed by atoms with Crippen LogP contribution in [0, 0.1) is 5.82 Å². The Hall–Kier alpha value is -2.40. The molecule has 0 amide bonds. The molecule has 1 N–H and O–H groups in total. The molecule has 1 heterocycles. The molecule has 4 nitrogen and oxygen atoms in total. The number of aliphatic hydroxyl groups excluding tert-OH is 1. The minimum absolute atomic E-state index is 0.0211. The zero-order valence-corrected chi connectivity index (χ0v) is 12.2. The van der Waals surface area contributed by atoms with Crippen molar-refractivity contribution in [2.24, 2.45) is 0 Å². The molecule has 0 aliphatic carbocycles.